The van der Waals surface area contributed by atoms with Gasteiger partial charge in [-0.25, -0.2) is 4.79 Å². The summed E-state index contributed by atoms with van der Waals surface area (Å²) in [5.74, 6) is 0.673. The van der Waals surface area contributed by atoms with Crippen molar-refractivity contribution in [3.63, 3.8) is 0 Å². The highest BCUT2D eigenvalue weighted by atomic mass is 16.2. The van der Waals surface area contributed by atoms with Gasteiger partial charge in [-0.15, -0.1) is 0 Å². The van der Waals surface area contributed by atoms with Crippen LogP contribution in [-0.2, 0) is 17.9 Å². The van der Waals surface area contributed by atoms with E-state index in [1.807, 2.05) is 36.1 Å². The van der Waals surface area contributed by atoms with E-state index < -0.39 is 0 Å². The summed E-state index contributed by atoms with van der Waals surface area (Å²) in [6.45, 7) is 11.5. The van der Waals surface area contributed by atoms with Crippen LogP contribution in [0.1, 0.15) is 20.8 Å². The second-order valence-corrected chi connectivity index (χ2v) is 7.18. The number of aryl methyl sites for hydroxylation is 1. The Morgan fingerprint density at radius 2 is 1.64 bits per heavy atom. The molecule has 1 aromatic heterocycles. The topological polar surface area (TPSA) is 50.5 Å². The van der Waals surface area contributed by atoms with Crippen molar-refractivity contribution < 1.29 is 4.79 Å². The van der Waals surface area contributed by atoms with Gasteiger partial charge in [0.2, 0.25) is 5.91 Å². The molecule has 2 heterocycles. The molecule has 1 aliphatic heterocycles. The van der Waals surface area contributed by atoms with Gasteiger partial charge in [-0.1, -0.05) is 26.0 Å². The number of amides is 1. The highest BCUT2D eigenvalue weighted by Crippen LogP contribution is 2.13. The minimum Gasteiger partial charge on any atom is -0.339 e. The van der Waals surface area contributed by atoms with E-state index in [2.05, 4.69) is 18.7 Å². The van der Waals surface area contributed by atoms with E-state index in [1.54, 1.807) is 9.13 Å². The molecule has 1 saturated heterocycles. The van der Waals surface area contributed by atoms with Crippen LogP contribution in [0.15, 0.2) is 29.1 Å². The zero-order chi connectivity index (χ0) is 18.0. The van der Waals surface area contributed by atoms with E-state index in [4.69, 9.17) is 0 Å². The normalized spacial score (nSPS) is 16.1. The Morgan fingerprint density at radius 1 is 1.04 bits per heavy atom. The average molecular weight is 344 g/mol. The Kier molecular flexibility index (Phi) is 5.27. The predicted molar refractivity (Wildman–Crippen MR) is 99.7 cm³/mol. The summed E-state index contributed by atoms with van der Waals surface area (Å²) in [7, 11) is 0. The minimum absolute atomic E-state index is 0.0327. The van der Waals surface area contributed by atoms with Crippen LogP contribution in [-0.4, -0.2) is 57.6 Å². The number of rotatable bonds is 5. The van der Waals surface area contributed by atoms with Crippen LogP contribution >= 0.6 is 0 Å². The Hall–Kier alpha value is -2.08. The SMILES string of the molecule is CCn1c(=O)n(CC(=O)N2CCN(CC(C)C)CC2)c2ccccc21. The van der Waals surface area contributed by atoms with Gasteiger partial charge in [0.25, 0.3) is 0 Å². The van der Waals surface area contributed by atoms with Crippen LogP contribution < -0.4 is 5.69 Å². The number of benzene rings is 1. The van der Waals surface area contributed by atoms with Crippen molar-refractivity contribution in [3.05, 3.63) is 34.7 Å². The summed E-state index contributed by atoms with van der Waals surface area (Å²) in [5.41, 5.74) is 1.63. The van der Waals surface area contributed by atoms with Gasteiger partial charge in [0.05, 0.1) is 11.0 Å². The number of para-hydroxylation sites is 2. The molecule has 6 heteroatoms. The Bertz CT molecular complexity index is 797. The number of fused-ring (bicyclic) bond motifs is 1. The molecule has 0 radical (unpaired) electrons. The molecule has 136 valence electrons. The second kappa shape index (κ2) is 7.44. The lowest BCUT2D eigenvalue weighted by Gasteiger charge is -2.35. The fourth-order valence-corrected chi connectivity index (χ4v) is 3.66. The number of imidazole rings is 1. The molecule has 0 saturated carbocycles. The van der Waals surface area contributed by atoms with Gasteiger partial charge in [0.1, 0.15) is 6.54 Å². The molecule has 6 nitrogen and oxygen atoms in total. The lowest BCUT2D eigenvalue weighted by atomic mass is 10.2. The molecule has 1 aromatic carbocycles. The van der Waals surface area contributed by atoms with Crippen molar-refractivity contribution in [3.8, 4) is 0 Å². The molecule has 0 aliphatic carbocycles. The maximum absolute atomic E-state index is 12.7. The van der Waals surface area contributed by atoms with Gasteiger partial charge >= 0.3 is 5.69 Å². The molecule has 0 spiro atoms. The third-order valence-corrected chi connectivity index (χ3v) is 4.88. The van der Waals surface area contributed by atoms with Gasteiger partial charge in [0.15, 0.2) is 0 Å². The maximum atomic E-state index is 12.7. The fraction of sp³-hybridized carbons (Fsp3) is 0.579. The summed E-state index contributed by atoms with van der Waals surface area (Å²) in [6.07, 6.45) is 0. The van der Waals surface area contributed by atoms with Crippen LogP contribution in [0.4, 0.5) is 0 Å². The summed E-state index contributed by atoms with van der Waals surface area (Å²) in [5, 5.41) is 0. The van der Waals surface area contributed by atoms with E-state index >= 15 is 0 Å². The summed E-state index contributed by atoms with van der Waals surface area (Å²) < 4.78 is 3.34. The summed E-state index contributed by atoms with van der Waals surface area (Å²) in [6, 6.07) is 7.68. The van der Waals surface area contributed by atoms with Crippen molar-refractivity contribution in [2.75, 3.05) is 32.7 Å². The number of nitrogens with zero attached hydrogens (tertiary/aromatic N) is 4. The average Bonchev–Trinajstić information content (AvgIpc) is 2.86. The molecule has 0 unspecified atom stereocenters. The van der Waals surface area contributed by atoms with Crippen LogP contribution in [0.25, 0.3) is 11.0 Å². The zero-order valence-corrected chi connectivity index (χ0v) is 15.4. The van der Waals surface area contributed by atoms with Crippen molar-refractivity contribution >= 4 is 16.9 Å². The molecular formula is C19H28N4O2. The van der Waals surface area contributed by atoms with Gasteiger partial charge in [0, 0.05) is 39.3 Å². The van der Waals surface area contributed by atoms with Crippen molar-refractivity contribution in [1.82, 2.24) is 18.9 Å². The molecule has 0 atom stereocenters. The number of piperazine rings is 1. The highest BCUT2D eigenvalue weighted by molar-refractivity contribution is 5.81. The number of hydrogen-bond donors (Lipinski definition) is 0. The van der Waals surface area contributed by atoms with Gasteiger partial charge < -0.3 is 4.90 Å². The molecule has 3 rings (SSSR count). The van der Waals surface area contributed by atoms with Crippen LogP contribution in [0.2, 0.25) is 0 Å². The Labute approximate surface area is 148 Å². The van der Waals surface area contributed by atoms with Crippen LogP contribution in [0.5, 0.6) is 0 Å². The number of carbonyl (C=O) groups is 1. The van der Waals surface area contributed by atoms with Crippen LogP contribution in [0, 0.1) is 5.92 Å². The molecule has 25 heavy (non-hydrogen) atoms. The third-order valence-electron chi connectivity index (χ3n) is 4.88. The van der Waals surface area contributed by atoms with E-state index in [9.17, 15) is 9.59 Å². The first-order chi connectivity index (χ1) is 12.0. The lowest BCUT2D eigenvalue weighted by Crippen LogP contribution is -2.50. The molecule has 1 aliphatic rings. The smallest absolute Gasteiger partial charge is 0.329 e. The lowest BCUT2D eigenvalue weighted by molar-refractivity contribution is -0.133. The molecule has 1 amide bonds. The number of hydrogen-bond acceptors (Lipinski definition) is 3. The quantitative estimate of drug-likeness (QED) is 0.828. The Morgan fingerprint density at radius 3 is 2.20 bits per heavy atom. The predicted octanol–water partition coefficient (Wildman–Crippen LogP) is 1.62. The van der Waals surface area contributed by atoms with Gasteiger partial charge in [-0.3, -0.25) is 18.8 Å². The first kappa shape index (κ1) is 17.7. The monoisotopic (exact) mass is 344 g/mol. The van der Waals surface area contributed by atoms with Crippen molar-refractivity contribution in [2.45, 2.75) is 33.9 Å². The number of carbonyl (C=O) groups excluding carboxylic acids is 1. The second-order valence-electron chi connectivity index (χ2n) is 7.18. The van der Waals surface area contributed by atoms with E-state index in [0.29, 0.717) is 12.5 Å². The molecular weight excluding hydrogens is 316 g/mol. The van der Waals surface area contributed by atoms with Crippen LogP contribution in [0.3, 0.4) is 0 Å². The number of aromatic nitrogens is 2. The summed E-state index contributed by atoms with van der Waals surface area (Å²) in [4.78, 5) is 29.7. The molecule has 0 N–H and O–H groups in total. The highest BCUT2D eigenvalue weighted by Gasteiger charge is 2.23. The van der Waals surface area contributed by atoms with E-state index in [0.717, 1.165) is 43.8 Å². The first-order valence-electron chi connectivity index (χ1n) is 9.19. The molecule has 2 aromatic rings. The van der Waals surface area contributed by atoms with Gasteiger partial charge in [-0.05, 0) is 25.0 Å². The van der Waals surface area contributed by atoms with Crippen molar-refractivity contribution in [2.24, 2.45) is 5.92 Å². The van der Waals surface area contributed by atoms with E-state index in [-0.39, 0.29) is 18.1 Å². The Balaban J connectivity index is 1.73. The maximum Gasteiger partial charge on any atom is 0.329 e. The fourth-order valence-electron chi connectivity index (χ4n) is 3.66. The standard InChI is InChI=1S/C19H28N4O2/c1-4-22-16-7-5-6-8-17(16)23(19(22)25)14-18(24)21-11-9-20(10-12-21)13-15(2)3/h5-8,15H,4,9-14H2,1-3H3. The minimum atomic E-state index is -0.101. The van der Waals surface area contributed by atoms with Gasteiger partial charge in [-0.2, -0.15) is 0 Å². The first-order valence-corrected chi connectivity index (χ1v) is 9.19. The molecule has 0 bridgehead atoms. The zero-order valence-electron chi connectivity index (χ0n) is 15.4. The third kappa shape index (κ3) is 3.63. The summed E-state index contributed by atoms with van der Waals surface area (Å²) >= 11 is 0. The van der Waals surface area contributed by atoms with Crippen molar-refractivity contribution in [1.29, 1.82) is 0 Å². The molecule has 1 fully saturated rings. The largest absolute Gasteiger partial charge is 0.339 e. The van der Waals surface area contributed by atoms with E-state index in [1.165, 1.54) is 0 Å².